The molecule has 2 fully saturated rings. The van der Waals surface area contributed by atoms with Gasteiger partial charge >= 0.3 is 0 Å². The first-order valence-electron chi connectivity index (χ1n) is 9.65. The van der Waals surface area contributed by atoms with Crippen molar-refractivity contribution in [2.45, 2.75) is 39.5 Å². The summed E-state index contributed by atoms with van der Waals surface area (Å²) in [6.07, 6.45) is 4.65. The van der Waals surface area contributed by atoms with Gasteiger partial charge in [-0.1, -0.05) is 25.4 Å². The molecule has 6 nitrogen and oxygen atoms in total. The summed E-state index contributed by atoms with van der Waals surface area (Å²) < 4.78 is 5.28. The number of nitrogens with zero attached hydrogens (tertiary/aromatic N) is 3. The normalized spacial score (nSPS) is 25.0. The molecular weight excluding hydrogens is 318 g/mol. The van der Waals surface area contributed by atoms with Crippen molar-refractivity contribution in [2.75, 3.05) is 39.3 Å². The lowest BCUT2D eigenvalue weighted by atomic mass is 9.95. The van der Waals surface area contributed by atoms with Gasteiger partial charge < -0.3 is 19.4 Å². The van der Waals surface area contributed by atoms with Gasteiger partial charge in [-0.25, -0.2) is 0 Å². The van der Waals surface area contributed by atoms with Crippen molar-refractivity contribution in [3.63, 3.8) is 0 Å². The molecule has 0 saturated carbocycles. The van der Waals surface area contributed by atoms with Crippen LogP contribution in [0.1, 0.15) is 49.4 Å². The number of hydrogen-bond donors (Lipinski definition) is 1. The molecule has 3 rings (SSSR count). The van der Waals surface area contributed by atoms with Crippen molar-refractivity contribution in [1.29, 1.82) is 0 Å². The smallest absolute Gasteiger partial charge is 0.292 e. The fourth-order valence-electron chi connectivity index (χ4n) is 4.07. The van der Waals surface area contributed by atoms with Crippen LogP contribution in [0, 0.1) is 17.8 Å². The third kappa shape index (κ3) is 4.61. The summed E-state index contributed by atoms with van der Waals surface area (Å²) in [6.45, 7) is 8.93. The number of aliphatic hydroxyl groups excluding tert-OH is 1. The van der Waals surface area contributed by atoms with Gasteiger partial charge in [0.05, 0.1) is 5.69 Å². The molecule has 0 radical (unpaired) electrons. The lowest BCUT2D eigenvalue weighted by Crippen LogP contribution is -2.37. The zero-order chi connectivity index (χ0) is 17.8. The highest BCUT2D eigenvalue weighted by Gasteiger charge is 2.37. The van der Waals surface area contributed by atoms with Crippen molar-refractivity contribution < 1.29 is 14.4 Å². The second kappa shape index (κ2) is 8.32. The summed E-state index contributed by atoms with van der Waals surface area (Å²) in [4.78, 5) is 17.1. The SMILES string of the molecule is CC(C)Cc1cc(C(=O)N2CC(CO)C(CN3CCCCC3)C2)on1. The Morgan fingerprint density at radius 2 is 2.00 bits per heavy atom. The molecule has 1 N–H and O–H groups in total. The summed E-state index contributed by atoms with van der Waals surface area (Å²) in [6, 6.07) is 1.77. The van der Waals surface area contributed by atoms with Gasteiger partial charge in [0.25, 0.3) is 5.91 Å². The number of rotatable bonds is 6. The zero-order valence-electron chi connectivity index (χ0n) is 15.5. The van der Waals surface area contributed by atoms with Gasteiger partial charge in [-0.15, -0.1) is 0 Å². The summed E-state index contributed by atoms with van der Waals surface area (Å²) in [5.74, 6) is 1.20. The molecule has 2 aliphatic rings. The van der Waals surface area contributed by atoms with Gasteiger partial charge in [0.15, 0.2) is 0 Å². The van der Waals surface area contributed by atoms with Crippen LogP contribution in [0.5, 0.6) is 0 Å². The van der Waals surface area contributed by atoms with Crippen LogP contribution in [-0.2, 0) is 6.42 Å². The van der Waals surface area contributed by atoms with Crippen LogP contribution in [-0.4, -0.2) is 65.3 Å². The first-order valence-corrected chi connectivity index (χ1v) is 9.65. The molecule has 25 heavy (non-hydrogen) atoms. The Balaban J connectivity index is 1.60. The molecule has 1 aromatic heterocycles. The van der Waals surface area contributed by atoms with E-state index >= 15 is 0 Å². The average molecular weight is 349 g/mol. The minimum absolute atomic E-state index is 0.0953. The van der Waals surface area contributed by atoms with Crippen molar-refractivity contribution in [3.05, 3.63) is 17.5 Å². The molecule has 2 atom stereocenters. The van der Waals surface area contributed by atoms with E-state index < -0.39 is 0 Å². The van der Waals surface area contributed by atoms with Gasteiger partial charge in [0.1, 0.15) is 0 Å². The van der Waals surface area contributed by atoms with Gasteiger partial charge in [-0.3, -0.25) is 4.79 Å². The standard InChI is InChI=1S/C19H31N3O3/c1-14(2)8-17-9-18(25-20-17)19(24)22-11-15(16(12-22)13-23)10-21-6-4-3-5-7-21/h9,14-16,23H,3-8,10-13H2,1-2H3. The van der Waals surface area contributed by atoms with Gasteiger partial charge in [0.2, 0.25) is 5.76 Å². The van der Waals surface area contributed by atoms with Crippen LogP contribution >= 0.6 is 0 Å². The monoisotopic (exact) mass is 349 g/mol. The Morgan fingerprint density at radius 1 is 1.28 bits per heavy atom. The number of aliphatic hydroxyl groups is 1. The molecule has 140 valence electrons. The summed E-state index contributed by atoms with van der Waals surface area (Å²) in [7, 11) is 0. The first-order chi connectivity index (χ1) is 12.1. The van der Waals surface area contributed by atoms with Crippen LogP contribution in [0.25, 0.3) is 0 Å². The number of carbonyl (C=O) groups excluding carboxylic acids is 1. The van der Waals surface area contributed by atoms with Crippen molar-refractivity contribution in [1.82, 2.24) is 15.0 Å². The second-order valence-corrected chi connectivity index (χ2v) is 8.05. The summed E-state index contributed by atoms with van der Waals surface area (Å²) >= 11 is 0. The molecule has 1 amide bonds. The number of aromatic nitrogens is 1. The molecule has 0 aromatic carbocycles. The number of likely N-dealkylation sites (tertiary alicyclic amines) is 2. The molecule has 0 aliphatic carbocycles. The topological polar surface area (TPSA) is 69.8 Å². The Bertz CT molecular complexity index is 566. The van der Waals surface area contributed by atoms with Crippen molar-refractivity contribution in [2.24, 2.45) is 17.8 Å². The zero-order valence-corrected chi connectivity index (χ0v) is 15.5. The van der Waals surface area contributed by atoms with E-state index in [9.17, 15) is 9.90 Å². The van der Waals surface area contributed by atoms with Crippen LogP contribution in [0.15, 0.2) is 10.6 Å². The van der Waals surface area contributed by atoms with E-state index in [0.717, 1.165) is 31.7 Å². The third-order valence-corrected chi connectivity index (χ3v) is 5.43. The molecule has 2 unspecified atom stereocenters. The number of amides is 1. The van der Waals surface area contributed by atoms with E-state index in [0.29, 0.717) is 30.7 Å². The van der Waals surface area contributed by atoms with Gasteiger partial charge in [-0.05, 0) is 44.2 Å². The predicted octanol–water partition coefficient (Wildman–Crippen LogP) is 2.04. The Morgan fingerprint density at radius 3 is 2.68 bits per heavy atom. The molecular formula is C19H31N3O3. The molecule has 0 bridgehead atoms. The number of carbonyl (C=O) groups is 1. The van der Waals surface area contributed by atoms with Crippen molar-refractivity contribution in [3.8, 4) is 0 Å². The first kappa shape index (κ1) is 18.4. The Kier molecular flexibility index (Phi) is 6.12. The van der Waals surface area contributed by atoms with E-state index in [2.05, 4.69) is 23.9 Å². The summed E-state index contributed by atoms with van der Waals surface area (Å²) in [5.41, 5.74) is 0.834. The molecule has 1 aromatic rings. The van der Waals surface area contributed by atoms with E-state index in [1.165, 1.54) is 19.3 Å². The van der Waals surface area contributed by atoms with Crippen molar-refractivity contribution >= 4 is 5.91 Å². The van der Waals surface area contributed by atoms with E-state index in [-0.39, 0.29) is 18.4 Å². The van der Waals surface area contributed by atoms with Crippen LogP contribution in [0.3, 0.4) is 0 Å². The molecule has 2 aliphatic heterocycles. The average Bonchev–Trinajstić information content (AvgIpc) is 3.21. The minimum atomic E-state index is -0.0953. The fraction of sp³-hybridized carbons (Fsp3) is 0.789. The quantitative estimate of drug-likeness (QED) is 0.851. The maximum atomic E-state index is 12.7. The van der Waals surface area contributed by atoms with Crippen LogP contribution < -0.4 is 0 Å². The van der Waals surface area contributed by atoms with Crippen LogP contribution in [0.2, 0.25) is 0 Å². The van der Waals surface area contributed by atoms with Gasteiger partial charge in [-0.2, -0.15) is 0 Å². The number of piperidine rings is 1. The molecule has 6 heteroatoms. The van der Waals surface area contributed by atoms with E-state index in [1.54, 1.807) is 6.07 Å². The summed E-state index contributed by atoms with van der Waals surface area (Å²) in [5, 5.41) is 13.8. The highest BCUT2D eigenvalue weighted by Crippen LogP contribution is 2.27. The highest BCUT2D eigenvalue weighted by molar-refractivity contribution is 5.91. The molecule has 2 saturated heterocycles. The lowest BCUT2D eigenvalue weighted by Gasteiger charge is -2.30. The third-order valence-electron chi connectivity index (χ3n) is 5.43. The predicted molar refractivity (Wildman–Crippen MR) is 95.3 cm³/mol. The largest absolute Gasteiger partial charge is 0.396 e. The Hall–Kier alpha value is -1.40. The van der Waals surface area contributed by atoms with Crippen LogP contribution in [0.4, 0.5) is 0 Å². The maximum absolute atomic E-state index is 12.7. The molecule has 3 heterocycles. The van der Waals surface area contributed by atoms with E-state index in [4.69, 9.17) is 4.52 Å². The minimum Gasteiger partial charge on any atom is -0.396 e. The fourth-order valence-corrected chi connectivity index (χ4v) is 4.07. The number of hydrogen-bond acceptors (Lipinski definition) is 5. The molecule has 0 spiro atoms. The highest BCUT2D eigenvalue weighted by atomic mass is 16.5. The van der Waals surface area contributed by atoms with E-state index in [1.807, 2.05) is 4.90 Å². The maximum Gasteiger partial charge on any atom is 0.292 e. The lowest BCUT2D eigenvalue weighted by molar-refractivity contribution is 0.0737. The van der Waals surface area contributed by atoms with Gasteiger partial charge in [0, 0.05) is 38.2 Å². The second-order valence-electron chi connectivity index (χ2n) is 8.05. The Labute approximate surface area is 150 Å².